The molecule has 0 aliphatic carbocycles. The van der Waals surface area contributed by atoms with E-state index in [4.69, 9.17) is 4.74 Å². The average Bonchev–Trinajstić information content (AvgIpc) is 2.72. The van der Waals surface area contributed by atoms with Gasteiger partial charge in [-0.05, 0) is 41.5 Å². The third-order valence-electron chi connectivity index (χ3n) is 4.40. The molecule has 0 atom stereocenters. The molecule has 29 heavy (non-hydrogen) atoms. The van der Waals surface area contributed by atoms with Crippen LogP contribution in [-0.4, -0.2) is 15.8 Å². The first-order valence-electron chi connectivity index (χ1n) is 9.00. The first-order valence-corrected chi connectivity index (χ1v) is 9.00. The predicted molar refractivity (Wildman–Crippen MR) is 105 cm³/mol. The molecule has 0 unspecified atom stereocenters. The molecule has 3 aromatic carbocycles. The van der Waals surface area contributed by atoms with E-state index in [-0.39, 0.29) is 30.0 Å². The molecule has 0 saturated carbocycles. The summed E-state index contributed by atoms with van der Waals surface area (Å²) in [6.45, 7) is 0. The Morgan fingerprint density at radius 1 is 0.793 bits per heavy atom. The normalized spacial score (nSPS) is 10.8. The van der Waals surface area contributed by atoms with E-state index in [1.165, 1.54) is 24.3 Å². The Hall–Kier alpha value is -3.67. The Morgan fingerprint density at radius 3 is 2.24 bits per heavy atom. The molecule has 6 heteroatoms. The molecule has 0 aliphatic heterocycles. The number of fused-ring (bicyclic) bond motifs is 1. The summed E-state index contributed by atoms with van der Waals surface area (Å²) in [4.78, 5) is 20.6. The molecule has 0 aliphatic rings. The first kappa shape index (κ1) is 18.7. The van der Waals surface area contributed by atoms with Gasteiger partial charge >= 0.3 is 0 Å². The van der Waals surface area contributed by atoms with Gasteiger partial charge in [0.25, 0.3) is 0 Å². The Labute approximate surface area is 165 Å². The minimum absolute atomic E-state index is 0.0466. The second-order valence-corrected chi connectivity index (χ2v) is 6.58. The fourth-order valence-electron chi connectivity index (χ4n) is 2.98. The van der Waals surface area contributed by atoms with E-state index >= 15 is 0 Å². The van der Waals surface area contributed by atoms with Crippen molar-refractivity contribution in [2.75, 3.05) is 0 Å². The fraction of sp³-hybridized carbons (Fsp3) is 0.0870. The molecule has 0 amide bonds. The van der Waals surface area contributed by atoms with Crippen LogP contribution in [0, 0.1) is 11.6 Å². The standard InChI is InChI=1S/C23H16F2N2O2/c24-17-4-1-15(2-5-17)11-18(28)12-16-3-6-19(13-21(16)25)29-20-7-8-22-23(14-20)27-10-9-26-22/h1-10,13-14H,11-12H2. The summed E-state index contributed by atoms with van der Waals surface area (Å²) in [5.41, 5.74) is 2.39. The first-order chi connectivity index (χ1) is 14.1. The zero-order valence-corrected chi connectivity index (χ0v) is 15.3. The van der Waals surface area contributed by atoms with Crippen molar-refractivity contribution in [2.24, 2.45) is 0 Å². The molecular formula is C23H16F2N2O2. The smallest absolute Gasteiger partial charge is 0.141 e. The predicted octanol–water partition coefficient (Wildman–Crippen LogP) is 5.05. The van der Waals surface area contributed by atoms with Crippen LogP contribution in [0.3, 0.4) is 0 Å². The van der Waals surface area contributed by atoms with Crippen LogP contribution in [0.25, 0.3) is 11.0 Å². The van der Waals surface area contributed by atoms with E-state index in [2.05, 4.69) is 9.97 Å². The highest BCUT2D eigenvalue weighted by Gasteiger charge is 2.11. The van der Waals surface area contributed by atoms with Crippen LogP contribution in [0.1, 0.15) is 11.1 Å². The van der Waals surface area contributed by atoms with Crippen LogP contribution in [0.2, 0.25) is 0 Å². The molecule has 0 radical (unpaired) electrons. The number of hydrogen-bond donors (Lipinski definition) is 0. The van der Waals surface area contributed by atoms with E-state index in [0.29, 0.717) is 22.6 Å². The second kappa shape index (κ2) is 8.14. The van der Waals surface area contributed by atoms with Gasteiger partial charge in [-0.1, -0.05) is 18.2 Å². The second-order valence-electron chi connectivity index (χ2n) is 6.58. The van der Waals surface area contributed by atoms with Gasteiger partial charge in [0.1, 0.15) is 28.9 Å². The van der Waals surface area contributed by atoms with E-state index in [1.807, 2.05) is 0 Å². The largest absolute Gasteiger partial charge is 0.457 e. The lowest BCUT2D eigenvalue weighted by atomic mass is 10.0. The lowest BCUT2D eigenvalue weighted by Gasteiger charge is -2.09. The molecule has 0 spiro atoms. The van der Waals surface area contributed by atoms with Crippen LogP contribution in [0.15, 0.2) is 73.1 Å². The fourth-order valence-corrected chi connectivity index (χ4v) is 2.98. The van der Waals surface area contributed by atoms with Gasteiger partial charge in [-0.2, -0.15) is 0 Å². The summed E-state index contributed by atoms with van der Waals surface area (Å²) in [6.07, 6.45) is 3.27. The quantitative estimate of drug-likeness (QED) is 0.462. The number of Topliss-reactive ketones (excluding diaryl/α,β-unsaturated/α-hetero) is 1. The molecular weight excluding hydrogens is 374 g/mol. The van der Waals surface area contributed by atoms with Crippen molar-refractivity contribution >= 4 is 16.8 Å². The van der Waals surface area contributed by atoms with Crippen molar-refractivity contribution < 1.29 is 18.3 Å². The number of benzene rings is 3. The van der Waals surface area contributed by atoms with E-state index < -0.39 is 5.82 Å². The summed E-state index contributed by atoms with van der Waals surface area (Å²) in [5.74, 6) is -0.202. The van der Waals surface area contributed by atoms with Crippen LogP contribution in [0.4, 0.5) is 8.78 Å². The topological polar surface area (TPSA) is 52.1 Å². The highest BCUT2D eigenvalue weighted by molar-refractivity contribution is 5.83. The number of halogens is 2. The molecule has 0 fully saturated rings. The van der Waals surface area contributed by atoms with Gasteiger partial charge in [0.2, 0.25) is 0 Å². The number of hydrogen-bond acceptors (Lipinski definition) is 4. The van der Waals surface area contributed by atoms with Crippen molar-refractivity contribution in [1.29, 1.82) is 0 Å². The van der Waals surface area contributed by atoms with Crippen LogP contribution >= 0.6 is 0 Å². The number of aromatic nitrogens is 2. The number of ether oxygens (including phenoxy) is 1. The van der Waals surface area contributed by atoms with Gasteiger partial charge in [-0.3, -0.25) is 14.8 Å². The number of nitrogens with zero attached hydrogens (tertiary/aromatic N) is 2. The zero-order valence-electron chi connectivity index (χ0n) is 15.3. The Morgan fingerprint density at radius 2 is 1.48 bits per heavy atom. The Kier molecular flexibility index (Phi) is 5.24. The Bertz CT molecular complexity index is 1180. The van der Waals surface area contributed by atoms with Crippen molar-refractivity contribution in [3.05, 3.63) is 95.8 Å². The highest BCUT2D eigenvalue weighted by Crippen LogP contribution is 2.26. The number of rotatable bonds is 6. The van der Waals surface area contributed by atoms with Crippen molar-refractivity contribution in [1.82, 2.24) is 9.97 Å². The summed E-state index contributed by atoms with van der Waals surface area (Å²) >= 11 is 0. The van der Waals surface area contributed by atoms with Gasteiger partial charge in [-0.25, -0.2) is 8.78 Å². The molecule has 4 rings (SSSR count). The molecule has 4 aromatic rings. The van der Waals surface area contributed by atoms with E-state index in [1.54, 1.807) is 48.8 Å². The summed E-state index contributed by atoms with van der Waals surface area (Å²) in [7, 11) is 0. The van der Waals surface area contributed by atoms with E-state index in [0.717, 1.165) is 5.52 Å². The zero-order chi connectivity index (χ0) is 20.2. The minimum atomic E-state index is -0.518. The van der Waals surface area contributed by atoms with Gasteiger partial charge in [-0.15, -0.1) is 0 Å². The molecule has 1 aromatic heterocycles. The third kappa shape index (κ3) is 4.60. The van der Waals surface area contributed by atoms with Crippen LogP contribution in [0.5, 0.6) is 11.5 Å². The lowest BCUT2D eigenvalue weighted by Crippen LogP contribution is -2.08. The summed E-state index contributed by atoms with van der Waals surface area (Å²) < 4.78 is 33.1. The van der Waals surface area contributed by atoms with Crippen LogP contribution < -0.4 is 4.74 Å². The maximum Gasteiger partial charge on any atom is 0.141 e. The van der Waals surface area contributed by atoms with Crippen molar-refractivity contribution in [3.8, 4) is 11.5 Å². The minimum Gasteiger partial charge on any atom is -0.457 e. The number of carbonyl (C=O) groups is 1. The Balaban J connectivity index is 1.44. The maximum absolute atomic E-state index is 14.5. The van der Waals surface area contributed by atoms with Gasteiger partial charge in [0.05, 0.1) is 11.0 Å². The SMILES string of the molecule is O=C(Cc1ccc(F)cc1)Cc1ccc(Oc2ccc3nccnc3c2)cc1F. The molecule has 1 heterocycles. The van der Waals surface area contributed by atoms with Crippen LogP contribution in [-0.2, 0) is 17.6 Å². The van der Waals surface area contributed by atoms with Gasteiger partial charge < -0.3 is 4.74 Å². The van der Waals surface area contributed by atoms with Gasteiger partial charge in [0.15, 0.2) is 0 Å². The van der Waals surface area contributed by atoms with Crippen molar-refractivity contribution in [2.45, 2.75) is 12.8 Å². The number of carbonyl (C=O) groups excluding carboxylic acids is 1. The molecule has 4 nitrogen and oxygen atoms in total. The third-order valence-corrected chi connectivity index (χ3v) is 4.40. The summed E-state index contributed by atoms with van der Waals surface area (Å²) in [5, 5.41) is 0. The number of ketones is 1. The summed E-state index contributed by atoms with van der Waals surface area (Å²) in [6, 6.07) is 15.3. The van der Waals surface area contributed by atoms with Crippen molar-refractivity contribution in [3.63, 3.8) is 0 Å². The molecule has 144 valence electrons. The molecule has 0 bridgehead atoms. The maximum atomic E-state index is 14.5. The average molecular weight is 390 g/mol. The van der Waals surface area contributed by atoms with E-state index in [9.17, 15) is 13.6 Å². The molecule has 0 saturated heterocycles. The monoisotopic (exact) mass is 390 g/mol. The lowest BCUT2D eigenvalue weighted by molar-refractivity contribution is -0.117. The highest BCUT2D eigenvalue weighted by atomic mass is 19.1. The van der Waals surface area contributed by atoms with Gasteiger partial charge in [0, 0.05) is 37.4 Å². The molecule has 0 N–H and O–H groups in total.